The molecule has 0 fully saturated rings. The molecule has 0 aliphatic carbocycles. The third-order valence-electron chi connectivity index (χ3n) is 4.60. The molecule has 186 valence electrons. The molecular formula is C21H49N7O3. The van der Waals surface area contributed by atoms with Crippen molar-refractivity contribution in [2.45, 2.75) is 51.7 Å². The van der Waals surface area contributed by atoms with E-state index in [1.54, 1.807) is 0 Å². The van der Waals surface area contributed by atoms with Gasteiger partial charge in [0.2, 0.25) is 0 Å². The molecule has 0 saturated heterocycles. The molecule has 31 heavy (non-hydrogen) atoms. The molecule has 1 amide bonds. The molecule has 0 rings (SSSR count). The Bertz CT molecular complexity index is 430. The number of rotatable bonds is 19. The van der Waals surface area contributed by atoms with Crippen LogP contribution >= 0.6 is 0 Å². The quantitative estimate of drug-likeness (QED) is 0.165. The normalized spacial score (nSPS) is 13.1. The first-order valence-electron chi connectivity index (χ1n) is 11.6. The number of hydrogen-bond acceptors (Lipinski definition) is 9. The van der Waals surface area contributed by atoms with Gasteiger partial charge in [-0.25, -0.2) is 4.79 Å². The Morgan fingerprint density at radius 3 is 2.00 bits per heavy atom. The topological polar surface area (TPSA) is 158 Å². The molecule has 0 aliphatic heterocycles. The van der Waals surface area contributed by atoms with E-state index in [4.69, 9.17) is 32.4 Å². The Labute approximate surface area is 189 Å². The van der Waals surface area contributed by atoms with Gasteiger partial charge in [0.15, 0.2) is 0 Å². The first-order valence-corrected chi connectivity index (χ1v) is 11.6. The lowest BCUT2D eigenvalue weighted by atomic mass is 10.1. The van der Waals surface area contributed by atoms with Gasteiger partial charge in [-0.1, -0.05) is 6.42 Å². The van der Waals surface area contributed by atoms with Crippen LogP contribution in [-0.2, 0) is 9.47 Å². The maximum Gasteiger partial charge on any atom is 0.407 e. The number of nitrogens with one attached hydrogen (secondary N) is 1. The molecule has 10 heteroatoms. The Balaban J connectivity index is 3.95. The number of nitrogens with two attached hydrogens (primary N) is 4. The van der Waals surface area contributed by atoms with E-state index in [1.165, 1.54) is 0 Å². The van der Waals surface area contributed by atoms with Crippen molar-refractivity contribution in [3.63, 3.8) is 0 Å². The molecule has 0 heterocycles. The minimum absolute atomic E-state index is 0.0673. The summed E-state index contributed by atoms with van der Waals surface area (Å²) in [7, 11) is 0. The van der Waals surface area contributed by atoms with Crippen LogP contribution in [0, 0.1) is 0 Å². The molecule has 0 radical (unpaired) electrons. The van der Waals surface area contributed by atoms with Crippen molar-refractivity contribution in [2.24, 2.45) is 22.9 Å². The number of hydrogen-bond donors (Lipinski definition) is 5. The SMILES string of the molecule is CC(C)(C)OC(=O)NCCCCC(N)CN(CCN)CCOCCN(CCN)CCN. The van der Waals surface area contributed by atoms with Crippen molar-refractivity contribution < 1.29 is 14.3 Å². The highest BCUT2D eigenvalue weighted by atomic mass is 16.6. The van der Waals surface area contributed by atoms with Crippen LogP contribution in [0.25, 0.3) is 0 Å². The van der Waals surface area contributed by atoms with Crippen LogP contribution in [0.5, 0.6) is 0 Å². The van der Waals surface area contributed by atoms with Gasteiger partial charge >= 0.3 is 6.09 Å². The number of unbranched alkanes of at least 4 members (excludes halogenated alkanes) is 1. The summed E-state index contributed by atoms with van der Waals surface area (Å²) in [4.78, 5) is 16.1. The average Bonchev–Trinajstić information content (AvgIpc) is 2.66. The molecule has 0 aromatic heterocycles. The predicted molar refractivity (Wildman–Crippen MR) is 127 cm³/mol. The average molecular weight is 448 g/mol. The molecule has 10 nitrogen and oxygen atoms in total. The number of alkyl carbamates (subject to hydrolysis) is 1. The van der Waals surface area contributed by atoms with Crippen LogP contribution in [0.1, 0.15) is 40.0 Å². The zero-order valence-corrected chi connectivity index (χ0v) is 20.1. The first kappa shape index (κ1) is 30.0. The Morgan fingerprint density at radius 2 is 1.45 bits per heavy atom. The van der Waals surface area contributed by atoms with Crippen molar-refractivity contribution in [3.8, 4) is 0 Å². The van der Waals surface area contributed by atoms with E-state index < -0.39 is 5.60 Å². The highest BCUT2D eigenvalue weighted by Crippen LogP contribution is 2.06. The fourth-order valence-corrected chi connectivity index (χ4v) is 3.13. The zero-order chi connectivity index (χ0) is 23.5. The summed E-state index contributed by atoms with van der Waals surface area (Å²) in [6.07, 6.45) is 2.34. The maximum absolute atomic E-state index is 11.6. The fraction of sp³-hybridized carbons (Fsp3) is 0.952. The predicted octanol–water partition coefficient (Wildman–Crippen LogP) is -0.495. The Morgan fingerprint density at radius 1 is 0.903 bits per heavy atom. The van der Waals surface area contributed by atoms with E-state index in [1.807, 2.05) is 20.8 Å². The van der Waals surface area contributed by atoms with Gasteiger partial charge in [-0.3, -0.25) is 9.80 Å². The van der Waals surface area contributed by atoms with Crippen molar-refractivity contribution in [3.05, 3.63) is 0 Å². The van der Waals surface area contributed by atoms with Gasteiger partial charge in [0.25, 0.3) is 0 Å². The fourth-order valence-electron chi connectivity index (χ4n) is 3.13. The van der Waals surface area contributed by atoms with Crippen LogP contribution in [-0.4, -0.2) is 106 Å². The highest BCUT2D eigenvalue weighted by Gasteiger charge is 2.15. The maximum atomic E-state index is 11.6. The van der Waals surface area contributed by atoms with Gasteiger partial charge in [-0.15, -0.1) is 0 Å². The van der Waals surface area contributed by atoms with Gasteiger partial charge in [-0.05, 0) is 33.6 Å². The van der Waals surface area contributed by atoms with Crippen molar-refractivity contribution in [1.29, 1.82) is 0 Å². The van der Waals surface area contributed by atoms with Gasteiger partial charge in [0, 0.05) is 71.5 Å². The molecule has 0 saturated carbocycles. The van der Waals surface area contributed by atoms with E-state index >= 15 is 0 Å². The van der Waals surface area contributed by atoms with Gasteiger partial charge < -0.3 is 37.7 Å². The molecule has 0 aromatic carbocycles. The third kappa shape index (κ3) is 19.4. The second-order valence-corrected chi connectivity index (χ2v) is 8.81. The summed E-state index contributed by atoms with van der Waals surface area (Å²) in [5.74, 6) is 0. The lowest BCUT2D eigenvalue weighted by molar-refractivity contribution is 0.0527. The molecule has 1 unspecified atom stereocenters. The molecule has 0 bridgehead atoms. The zero-order valence-electron chi connectivity index (χ0n) is 20.1. The summed E-state index contributed by atoms with van der Waals surface area (Å²) in [5, 5.41) is 2.77. The summed E-state index contributed by atoms with van der Waals surface area (Å²) >= 11 is 0. The Kier molecular flexibility index (Phi) is 17.9. The summed E-state index contributed by atoms with van der Waals surface area (Å²) in [6, 6.07) is 0.0673. The van der Waals surface area contributed by atoms with Crippen molar-refractivity contribution in [2.75, 3.05) is 78.7 Å². The number of nitrogens with zero attached hydrogens (tertiary/aromatic N) is 2. The lowest BCUT2D eigenvalue weighted by Gasteiger charge is -2.25. The van der Waals surface area contributed by atoms with E-state index in [0.717, 1.165) is 58.5 Å². The molecule has 1 atom stereocenters. The number of amides is 1. The minimum atomic E-state index is -0.475. The highest BCUT2D eigenvalue weighted by molar-refractivity contribution is 5.67. The van der Waals surface area contributed by atoms with E-state index in [0.29, 0.717) is 39.4 Å². The summed E-state index contributed by atoms with van der Waals surface area (Å²) in [6.45, 7) is 14.2. The number of carbonyl (C=O) groups is 1. The largest absolute Gasteiger partial charge is 0.444 e. The molecular weight excluding hydrogens is 398 g/mol. The molecule has 0 spiro atoms. The van der Waals surface area contributed by atoms with Crippen molar-refractivity contribution >= 4 is 6.09 Å². The first-order chi connectivity index (χ1) is 14.7. The smallest absolute Gasteiger partial charge is 0.407 e. The van der Waals surface area contributed by atoms with Crippen LogP contribution in [0.2, 0.25) is 0 Å². The second kappa shape index (κ2) is 18.6. The van der Waals surface area contributed by atoms with Gasteiger partial charge in [-0.2, -0.15) is 0 Å². The molecule has 0 aromatic rings. The van der Waals surface area contributed by atoms with Crippen LogP contribution in [0.15, 0.2) is 0 Å². The molecule has 0 aliphatic rings. The third-order valence-corrected chi connectivity index (χ3v) is 4.60. The standard InChI is InChI=1S/C21H49N7O3/c1-21(2,3)31-20(29)26-10-5-4-6-19(25)18-28(13-9-24)15-17-30-16-14-27(11-7-22)12-8-23/h19H,4-18,22-25H2,1-3H3,(H,26,29). The summed E-state index contributed by atoms with van der Waals surface area (Å²) < 4.78 is 11.0. The minimum Gasteiger partial charge on any atom is -0.444 e. The van der Waals surface area contributed by atoms with E-state index in [-0.39, 0.29) is 12.1 Å². The van der Waals surface area contributed by atoms with E-state index in [9.17, 15) is 4.79 Å². The summed E-state index contributed by atoms with van der Waals surface area (Å²) in [5.41, 5.74) is 22.8. The monoisotopic (exact) mass is 447 g/mol. The lowest BCUT2D eigenvalue weighted by Crippen LogP contribution is -2.42. The Hall–Kier alpha value is -1.01. The second-order valence-electron chi connectivity index (χ2n) is 8.81. The van der Waals surface area contributed by atoms with Crippen LogP contribution in [0.3, 0.4) is 0 Å². The number of carbonyl (C=O) groups excluding carboxylic acids is 1. The van der Waals surface area contributed by atoms with E-state index in [2.05, 4.69) is 15.1 Å². The van der Waals surface area contributed by atoms with Crippen LogP contribution < -0.4 is 28.3 Å². The van der Waals surface area contributed by atoms with Crippen LogP contribution in [0.4, 0.5) is 4.79 Å². The number of ether oxygens (including phenoxy) is 2. The van der Waals surface area contributed by atoms with Gasteiger partial charge in [0.1, 0.15) is 5.60 Å². The van der Waals surface area contributed by atoms with Crippen molar-refractivity contribution in [1.82, 2.24) is 15.1 Å². The molecule has 9 N–H and O–H groups in total. The van der Waals surface area contributed by atoms with Gasteiger partial charge in [0.05, 0.1) is 13.2 Å².